The Morgan fingerprint density at radius 2 is 1.81 bits per heavy atom. The van der Waals surface area contributed by atoms with Gasteiger partial charge in [0, 0.05) is 5.75 Å². The number of unbranched alkanes of at least 4 members (excludes halogenated alkanes) is 1. The predicted octanol–water partition coefficient (Wildman–Crippen LogP) is 2.00. The van der Waals surface area contributed by atoms with Crippen LogP contribution in [0.1, 0.15) is 40.0 Å². The first-order valence-corrected chi connectivity index (χ1v) is 7.55. The van der Waals surface area contributed by atoms with Gasteiger partial charge in [-0.05, 0) is 19.8 Å². The van der Waals surface area contributed by atoms with Crippen LogP contribution < -0.4 is 5.73 Å². The molecule has 0 radical (unpaired) electrons. The zero-order valence-corrected chi connectivity index (χ0v) is 11.9. The van der Waals surface area contributed by atoms with Crippen molar-refractivity contribution in [3.63, 3.8) is 0 Å². The Morgan fingerprint density at radius 3 is 2.25 bits per heavy atom. The topological polar surface area (TPSA) is 46.2 Å². The van der Waals surface area contributed by atoms with Gasteiger partial charge in [0.05, 0.1) is 26.2 Å². The summed E-state index contributed by atoms with van der Waals surface area (Å²) in [5.41, 5.74) is 4.63. The minimum absolute atomic E-state index is 0.716. The van der Waals surface area contributed by atoms with E-state index in [1.165, 1.54) is 55.1 Å². The van der Waals surface area contributed by atoms with E-state index in [1.807, 2.05) is 0 Å². The highest BCUT2D eigenvalue weighted by atomic mass is 32.2. The molecular formula is C12H29N2OS+. The molecule has 0 aromatic rings. The second-order valence-electron chi connectivity index (χ2n) is 4.44. The largest absolute Gasteiger partial charge is 0.369 e. The lowest BCUT2D eigenvalue weighted by molar-refractivity contribution is -0.924. The van der Waals surface area contributed by atoms with E-state index in [4.69, 9.17) is 10.8 Å². The molecule has 3 nitrogen and oxygen atoms in total. The molecule has 0 bridgehead atoms. The Balaban J connectivity index is 4.14. The minimum atomic E-state index is -0.716. The van der Waals surface area contributed by atoms with Crippen molar-refractivity contribution in [2.24, 2.45) is 5.73 Å². The molecule has 0 amide bonds. The van der Waals surface area contributed by atoms with Gasteiger partial charge in [0.25, 0.3) is 0 Å². The van der Waals surface area contributed by atoms with Crippen LogP contribution in [-0.4, -0.2) is 47.1 Å². The summed E-state index contributed by atoms with van der Waals surface area (Å²) in [6.45, 7) is 11.6. The molecule has 0 aliphatic rings. The molecule has 0 fully saturated rings. The molecular weight excluding hydrogens is 220 g/mol. The summed E-state index contributed by atoms with van der Waals surface area (Å²) < 4.78 is 1.18. The fraction of sp³-hybridized carbons (Fsp3) is 1.00. The quantitative estimate of drug-likeness (QED) is 0.460. The van der Waals surface area contributed by atoms with Crippen molar-refractivity contribution >= 4 is 11.8 Å². The van der Waals surface area contributed by atoms with E-state index in [-0.39, 0.29) is 0 Å². The zero-order chi connectivity index (χ0) is 12.4. The van der Waals surface area contributed by atoms with Gasteiger partial charge in [-0.1, -0.05) is 20.3 Å². The van der Waals surface area contributed by atoms with Crippen molar-refractivity contribution in [3.8, 4) is 0 Å². The van der Waals surface area contributed by atoms with Gasteiger partial charge in [-0.3, -0.25) is 5.73 Å². The van der Waals surface area contributed by atoms with Crippen LogP contribution in [-0.2, 0) is 0 Å². The second-order valence-corrected chi connectivity index (χ2v) is 5.67. The summed E-state index contributed by atoms with van der Waals surface area (Å²) >= 11 is 1.45. The third kappa shape index (κ3) is 6.74. The summed E-state index contributed by atoms with van der Waals surface area (Å²) in [7, 11) is 0. The van der Waals surface area contributed by atoms with Gasteiger partial charge in [0.2, 0.25) is 0 Å². The van der Waals surface area contributed by atoms with Crippen molar-refractivity contribution in [1.82, 2.24) is 0 Å². The van der Waals surface area contributed by atoms with E-state index < -0.39 is 5.56 Å². The number of thioether (sulfide) groups is 1. The number of nitrogens with two attached hydrogens (primary N) is 1. The Kier molecular flexibility index (Phi) is 9.41. The van der Waals surface area contributed by atoms with Gasteiger partial charge in [-0.2, -0.15) is 0 Å². The minimum Gasteiger partial charge on any atom is -0.369 e. The fourth-order valence-electron chi connectivity index (χ4n) is 2.14. The number of nitrogens with zero attached hydrogens (tertiary/aromatic N) is 1. The van der Waals surface area contributed by atoms with E-state index in [2.05, 4.69) is 20.8 Å². The van der Waals surface area contributed by atoms with Gasteiger partial charge in [-0.25, -0.2) is 0 Å². The lowest BCUT2D eigenvalue weighted by atomic mass is 10.2. The summed E-state index contributed by atoms with van der Waals surface area (Å²) in [6, 6.07) is 0. The van der Waals surface area contributed by atoms with Gasteiger partial charge in [0.1, 0.15) is 0 Å². The molecule has 0 saturated carbocycles. The normalized spacial score (nSPS) is 17.1. The third-order valence-corrected chi connectivity index (χ3v) is 3.97. The van der Waals surface area contributed by atoms with Crippen LogP contribution in [0.2, 0.25) is 0 Å². The van der Waals surface area contributed by atoms with Crippen molar-refractivity contribution in [2.45, 2.75) is 45.6 Å². The molecule has 0 aliphatic carbocycles. The van der Waals surface area contributed by atoms with E-state index in [0.717, 1.165) is 12.3 Å². The van der Waals surface area contributed by atoms with Gasteiger partial charge in [-0.15, -0.1) is 11.8 Å². The highest BCUT2D eigenvalue weighted by molar-refractivity contribution is 7.99. The first-order chi connectivity index (χ1) is 7.60. The third-order valence-electron chi connectivity index (χ3n) is 3.21. The molecule has 4 heteroatoms. The van der Waals surface area contributed by atoms with Crippen LogP contribution >= 0.6 is 11.8 Å². The summed E-state index contributed by atoms with van der Waals surface area (Å²) in [4.78, 5) is 0. The second kappa shape index (κ2) is 9.28. The molecule has 0 rings (SSSR count). The molecule has 0 aliphatic heterocycles. The SMILES string of the molecule is CCCC[N+](CC)(CCC)CCSC(N)O. The maximum atomic E-state index is 9.06. The molecule has 0 heterocycles. The number of rotatable bonds is 10. The van der Waals surface area contributed by atoms with Crippen LogP contribution in [0.4, 0.5) is 0 Å². The first kappa shape index (κ1) is 16.2. The zero-order valence-electron chi connectivity index (χ0n) is 11.1. The molecule has 2 unspecified atom stereocenters. The highest BCUT2D eigenvalue weighted by Gasteiger charge is 2.23. The van der Waals surface area contributed by atoms with Crippen molar-refractivity contribution in [2.75, 3.05) is 31.9 Å². The average molecular weight is 249 g/mol. The van der Waals surface area contributed by atoms with Gasteiger partial charge < -0.3 is 9.59 Å². The number of aliphatic hydroxyl groups excluding tert-OH is 1. The van der Waals surface area contributed by atoms with Crippen LogP contribution in [0.15, 0.2) is 0 Å². The molecule has 3 N–H and O–H groups in total. The number of quaternary nitrogens is 1. The molecule has 0 aromatic carbocycles. The lowest BCUT2D eigenvalue weighted by Crippen LogP contribution is -2.50. The number of hydrogen-bond acceptors (Lipinski definition) is 3. The number of hydrogen-bond donors (Lipinski definition) is 2. The molecule has 0 spiro atoms. The first-order valence-electron chi connectivity index (χ1n) is 6.50. The molecule has 16 heavy (non-hydrogen) atoms. The number of aliphatic hydroxyl groups is 1. The van der Waals surface area contributed by atoms with E-state index >= 15 is 0 Å². The highest BCUT2D eigenvalue weighted by Crippen LogP contribution is 2.14. The molecule has 0 aromatic heterocycles. The van der Waals surface area contributed by atoms with Crippen LogP contribution in [0.3, 0.4) is 0 Å². The average Bonchev–Trinajstić information content (AvgIpc) is 2.25. The molecule has 98 valence electrons. The predicted molar refractivity (Wildman–Crippen MR) is 73.3 cm³/mol. The smallest absolute Gasteiger partial charge is 0.150 e. The molecule has 2 atom stereocenters. The van der Waals surface area contributed by atoms with Crippen molar-refractivity contribution in [1.29, 1.82) is 0 Å². The van der Waals surface area contributed by atoms with E-state index in [1.54, 1.807) is 0 Å². The fourth-order valence-corrected chi connectivity index (χ4v) is 2.88. The van der Waals surface area contributed by atoms with Crippen LogP contribution in [0.5, 0.6) is 0 Å². The van der Waals surface area contributed by atoms with E-state index in [9.17, 15) is 0 Å². The van der Waals surface area contributed by atoms with Crippen molar-refractivity contribution < 1.29 is 9.59 Å². The van der Waals surface area contributed by atoms with Gasteiger partial charge >= 0.3 is 0 Å². The Hall–Kier alpha value is 0.230. The van der Waals surface area contributed by atoms with Gasteiger partial charge in [0.15, 0.2) is 5.56 Å². The maximum absolute atomic E-state index is 9.06. The van der Waals surface area contributed by atoms with Crippen molar-refractivity contribution in [3.05, 3.63) is 0 Å². The summed E-state index contributed by atoms with van der Waals surface area (Å²) in [5.74, 6) is 0.954. The molecule has 0 saturated heterocycles. The monoisotopic (exact) mass is 249 g/mol. The Labute approximate surface area is 105 Å². The summed E-state index contributed by atoms with van der Waals surface area (Å²) in [5, 5.41) is 9.06. The Morgan fingerprint density at radius 1 is 1.12 bits per heavy atom. The van der Waals surface area contributed by atoms with Crippen LogP contribution in [0, 0.1) is 0 Å². The standard InChI is InChI=1S/C12H29N2OS/c1-4-7-9-14(6-3,8-5-2)10-11-16-12(13)15/h12,15H,4-11,13H2,1-3H3/q+1. The van der Waals surface area contributed by atoms with E-state index in [0.29, 0.717) is 0 Å². The van der Waals surface area contributed by atoms with Crippen LogP contribution in [0.25, 0.3) is 0 Å². The Bertz CT molecular complexity index is 167. The maximum Gasteiger partial charge on any atom is 0.150 e. The summed E-state index contributed by atoms with van der Waals surface area (Å²) in [6.07, 6.45) is 3.79. The lowest BCUT2D eigenvalue weighted by Gasteiger charge is -2.38.